The molecule has 0 unspecified atom stereocenters. The fourth-order valence-corrected chi connectivity index (χ4v) is 3.40. The molecule has 1 fully saturated rings. The Morgan fingerprint density at radius 2 is 2.00 bits per heavy atom. The summed E-state index contributed by atoms with van der Waals surface area (Å²) in [5.41, 5.74) is 3.31. The van der Waals surface area contributed by atoms with Crippen LogP contribution in [-0.4, -0.2) is 32.8 Å². The van der Waals surface area contributed by atoms with Gasteiger partial charge < -0.3 is 9.63 Å². The number of benzene rings is 2. The Bertz CT molecular complexity index is 847. The number of nitrogens with zero attached hydrogens (tertiary/aromatic N) is 3. The molecule has 1 aromatic heterocycles. The van der Waals surface area contributed by atoms with E-state index in [9.17, 15) is 5.11 Å². The number of aromatic nitrogens is 2. The third-order valence-corrected chi connectivity index (χ3v) is 4.61. The van der Waals surface area contributed by atoms with Crippen molar-refractivity contribution < 1.29 is 9.63 Å². The molecule has 5 nitrogen and oxygen atoms in total. The fraction of sp³-hybridized carbons (Fsp3) is 0.300. The lowest BCUT2D eigenvalue weighted by Gasteiger charge is -2.21. The van der Waals surface area contributed by atoms with Crippen molar-refractivity contribution in [1.29, 1.82) is 0 Å². The standard InChI is InChI=1S/C20H21N3O2/c1-14-6-5-9-16(10-14)19-21-20(25-22-19)18-11-17(24)13-23(18)12-15-7-3-2-4-8-15/h2-10,17-18,24H,11-13H2,1H3/t17-,18+/m1/s1. The quantitative estimate of drug-likeness (QED) is 0.792. The minimum absolute atomic E-state index is 0.0544. The Balaban J connectivity index is 1.57. The molecule has 1 aliphatic rings. The smallest absolute Gasteiger partial charge is 0.244 e. The maximum absolute atomic E-state index is 10.1. The van der Waals surface area contributed by atoms with Crippen LogP contribution in [0.4, 0.5) is 0 Å². The van der Waals surface area contributed by atoms with Crippen molar-refractivity contribution in [3.05, 3.63) is 71.6 Å². The largest absolute Gasteiger partial charge is 0.392 e. The summed E-state index contributed by atoms with van der Waals surface area (Å²) in [4.78, 5) is 6.80. The van der Waals surface area contributed by atoms with Gasteiger partial charge in [0.1, 0.15) is 0 Å². The number of aliphatic hydroxyl groups excluding tert-OH is 1. The molecule has 4 rings (SSSR count). The molecule has 3 aromatic rings. The molecule has 0 bridgehead atoms. The predicted molar refractivity (Wildman–Crippen MR) is 94.7 cm³/mol. The van der Waals surface area contributed by atoms with Gasteiger partial charge in [0, 0.05) is 18.7 Å². The minimum atomic E-state index is -0.372. The zero-order valence-corrected chi connectivity index (χ0v) is 14.2. The zero-order valence-electron chi connectivity index (χ0n) is 14.2. The van der Waals surface area contributed by atoms with Crippen LogP contribution in [0.2, 0.25) is 0 Å². The fourth-order valence-electron chi connectivity index (χ4n) is 3.40. The van der Waals surface area contributed by atoms with Crippen LogP contribution in [0.1, 0.15) is 29.5 Å². The molecule has 1 N–H and O–H groups in total. The van der Waals surface area contributed by atoms with Gasteiger partial charge in [-0.25, -0.2) is 0 Å². The van der Waals surface area contributed by atoms with Gasteiger partial charge in [-0.05, 0) is 25.0 Å². The van der Waals surface area contributed by atoms with Gasteiger partial charge in [0.15, 0.2) is 0 Å². The second-order valence-corrected chi connectivity index (χ2v) is 6.65. The van der Waals surface area contributed by atoms with E-state index in [0.717, 1.165) is 17.7 Å². The van der Waals surface area contributed by atoms with Crippen LogP contribution < -0.4 is 0 Å². The van der Waals surface area contributed by atoms with E-state index < -0.39 is 0 Å². The molecule has 1 aliphatic heterocycles. The van der Waals surface area contributed by atoms with Crippen LogP contribution in [0.5, 0.6) is 0 Å². The van der Waals surface area contributed by atoms with Crippen LogP contribution in [0, 0.1) is 6.92 Å². The van der Waals surface area contributed by atoms with Crippen molar-refractivity contribution in [2.24, 2.45) is 0 Å². The van der Waals surface area contributed by atoms with Crippen LogP contribution in [0.15, 0.2) is 59.1 Å². The Hall–Kier alpha value is -2.50. The summed E-state index contributed by atoms with van der Waals surface area (Å²) >= 11 is 0. The summed E-state index contributed by atoms with van der Waals surface area (Å²) < 4.78 is 5.55. The average Bonchev–Trinajstić information content (AvgIpc) is 3.22. The lowest BCUT2D eigenvalue weighted by Crippen LogP contribution is -2.24. The molecular formula is C20H21N3O2. The van der Waals surface area contributed by atoms with Gasteiger partial charge in [0.25, 0.3) is 0 Å². The van der Waals surface area contributed by atoms with Crippen molar-refractivity contribution in [1.82, 2.24) is 15.0 Å². The molecule has 2 aromatic carbocycles. The van der Waals surface area contributed by atoms with Crippen molar-refractivity contribution in [3.63, 3.8) is 0 Å². The van der Waals surface area contributed by atoms with Gasteiger partial charge in [-0.2, -0.15) is 4.98 Å². The second-order valence-electron chi connectivity index (χ2n) is 6.65. The molecule has 5 heteroatoms. The number of aliphatic hydroxyl groups is 1. The molecule has 0 saturated carbocycles. The highest BCUT2D eigenvalue weighted by Gasteiger charge is 2.35. The number of hydrogen-bond acceptors (Lipinski definition) is 5. The highest BCUT2D eigenvalue weighted by atomic mass is 16.5. The van der Waals surface area contributed by atoms with Gasteiger partial charge in [-0.3, -0.25) is 4.90 Å². The van der Waals surface area contributed by atoms with Crippen molar-refractivity contribution in [2.75, 3.05) is 6.54 Å². The number of likely N-dealkylation sites (tertiary alicyclic amines) is 1. The van der Waals surface area contributed by atoms with E-state index in [0.29, 0.717) is 24.7 Å². The summed E-state index contributed by atoms with van der Waals surface area (Å²) in [5, 5.41) is 14.3. The van der Waals surface area contributed by atoms with Gasteiger partial charge in [0.05, 0.1) is 12.1 Å². The summed E-state index contributed by atoms with van der Waals surface area (Å²) in [6.07, 6.45) is 0.241. The molecule has 1 saturated heterocycles. The van der Waals surface area contributed by atoms with Gasteiger partial charge in [-0.1, -0.05) is 59.3 Å². The maximum Gasteiger partial charge on any atom is 0.244 e. The number of aryl methyl sites for hydroxylation is 1. The van der Waals surface area contributed by atoms with Crippen molar-refractivity contribution >= 4 is 0 Å². The molecule has 2 atom stereocenters. The Morgan fingerprint density at radius 3 is 2.80 bits per heavy atom. The maximum atomic E-state index is 10.1. The topological polar surface area (TPSA) is 62.4 Å². The number of β-amino-alcohol motifs (C(OH)–C–C–N with tert-alkyl or cyclic N) is 1. The summed E-state index contributed by atoms with van der Waals surface area (Å²) in [7, 11) is 0. The monoisotopic (exact) mass is 335 g/mol. The molecular weight excluding hydrogens is 314 g/mol. The predicted octanol–water partition coefficient (Wildman–Crippen LogP) is 3.35. The molecule has 0 aliphatic carbocycles. The van der Waals surface area contributed by atoms with Gasteiger partial charge in [0.2, 0.25) is 11.7 Å². The van der Waals surface area contributed by atoms with Crippen LogP contribution in [0.25, 0.3) is 11.4 Å². The molecule has 0 radical (unpaired) electrons. The first-order valence-corrected chi connectivity index (χ1v) is 8.56. The minimum Gasteiger partial charge on any atom is -0.392 e. The molecule has 2 heterocycles. The van der Waals surface area contributed by atoms with E-state index in [2.05, 4.69) is 27.2 Å². The molecule has 128 valence electrons. The first-order chi connectivity index (χ1) is 12.2. The van der Waals surface area contributed by atoms with Crippen LogP contribution >= 0.6 is 0 Å². The second kappa shape index (κ2) is 6.78. The lowest BCUT2D eigenvalue weighted by atomic mass is 10.1. The van der Waals surface area contributed by atoms with Crippen LogP contribution in [-0.2, 0) is 6.54 Å². The number of hydrogen-bond donors (Lipinski definition) is 1. The van der Waals surface area contributed by atoms with Gasteiger partial charge in [-0.15, -0.1) is 0 Å². The molecule has 0 amide bonds. The SMILES string of the molecule is Cc1cccc(-c2noc([C@@H]3C[C@@H](O)CN3Cc3ccccc3)n2)c1. The third-order valence-electron chi connectivity index (χ3n) is 4.61. The van der Waals surface area contributed by atoms with E-state index in [1.165, 1.54) is 5.56 Å². The number of rotatable bonds is 4. The van der Waals surface area contributed by atoms with Crippen molar-refractivity contribution in [2.45, 2.75) is 32.0 Å². The summed E-state index contributed by atoms with van der Waals surface area (Å²) in [5.74, 6) is 1.17. The zero-order chi connectivity index (χ0) is 17.2. The van der Waals surface area contributed by atoms with E-state index in [1.807, 2.05) is 49.4 Å². The van der Waals surface area contributed by atoms with E-state index in [4.69, 9.17) is 4.52 Å². The Labute approximate surface area is 146 Å². The first kappa shape index (κ1) is 16.0. The first-order valence-electron chi connectivity index (χ1n) is 8.56. The van der Waals surface area contributed by atoms with E-state index >= 15 is 0 Å². The average molecular weight is 335 g/mol. The van der Waals surface area contributed by atoms with Gasteiger partial charge >= 0.3 is 0 Å². The molecule has 25 heavy (non-hydrogen) atoms. The molecule has 0 spiro atoms. The van der Waals surface area contributed by atoms with E-state index in [1.54, 1.807) is 0 Å². The lowest BCUT2D eigenvalue weighted by molar-refractivity contribution is 0.169. The highest BCUT2D eigenvalue weighted by molar-refractivity contribution is 5.55. The Kier molecular flexibility index (Phi) is 4.34. The summed E-state index contributed by atoms with van der Waals surface area (Å²) in [6.45, 7) is 3.41. The highest BCUT2D eigenvalue weighted by Crippen LogP contribution is 2.33. The third kappa shape index (κ3) is 3.48. The van der Waals surface area contributed by atoms with Crippen LogP contribution in [0.3, 0.4) is 0 Å². The van der Waals surface area contributed by atoms with E-state index in [-0.39, 0.29) is 12.1 Å². The normalized spacial score (nSPS) is 20.9. The van der Waals surface area contributed by atoms with Crippen molar-refractivity contribution in [3.8, 4) is 11.4 Å². The summed E-state index contributed by atoms with van der Waals surface area (Å²) in [6, 6.07) is 18.2. The Morgan fingerprint density at radius 1 is 1.16 bits per heavy atom.